The number of carbonyl (C=O) groups is 2. The zero-order chi connectivity index (χ0) is 22.1. The molecule has 2 amide bonds. The van der Waals surface area contributed by atoms with Crippen LogP contribution in [-0.2, 0) is 25.6 Å². The predicted octanol–water partition coefficient (Wildman–Crippen LogP) is 1.30. The van der Waals surface area contributed by atoms with Crippen molar-refractivity contribution in [2.45, 2.75) is 56.5 Å². The number of carbonyl (C=O) groups excluding carboxylic acids is 2. The van der Waals surface area contributed by atoms with Gasteiger partial charge in [0.05, 0.1) is 18.8 Å². The first-order valence-electron chi connectivity index (χ1n) is 12.0. The second-order valence-corrected chi connectivity index (χ2v) is 9.95. The van der Waals surface area contributed by atoms with E-state index in [1.54, 1.807) is 11.1 Å². The first-order valence-corrected chi connectivity index (χ1v) is 12.0. The van der Waals surface area contributed by atoms with Gasteiger partial charge in [0.25, 0.3) is 11.8 Å². The van der Waals surface area contributed by atoms with Gasteiger partial charge in [-0.1, -0.05) is 6.07 Å². The summed E-state index contributed by atoms with van der Waals surface area (Å²) in [6, 6.07) is 5.74. The lowest BCUT2D eigenvalue weighted by molar-refractivity contribution is -0.178. The summed E-state index contributed by atoms with van der Waals surface area (Å²) in [7, 11) is 1.81. The lowest BCUT2D eigenvalue weighted by Crippen LogP contribution is -2.61. The van der Waals surface area contributed by atoms with E-state index in [1.165, 1.54) is 12.8 Å². The Bertz CT molecular complexity index is 827. The number of likely N-dealkylation sites (tertiary alicyclic amines) is 1. The Morgan fingerprint density at radius 1 is 1.22 bits per heavy atom. The molecule has 4 fully saturated rings. The van der Waals surface area contributed by atoms with E-state index in [-0.39, 0.29) is 17.9 Å². The maximum Gasteiger partial charge on any atom is 0.253 e. The molecule has 32 heavy (non-hydrogen) atoms. The molecule has 3 aliphatic heterocycles. The molecule has 0 aromatic carbocycles. The van der Waals surface area contributed by atoms with Gasteiger partial charge in [0.15, 0.2) is 0 Å². The van der Waals surface area contributed by atoms with Crippen LogP contribution in [0, 0.1) is 5.92 Å². The fraction of sp³-hybridized carbons (Fsp3) is 0.708. The van der Waals surface area contributed by atoms with Gasteiger partial charge in [-0.15, -0.1) is 0 Å². The minimum Gasteiger partial charge on any atom is -0.368 e. The molecule has 0 unspecified atom stereocenters. The van der Waals surface area contributed by atoms with Crippen molar-refractivity contribution < 1.29 is 19.1 Å². The van der Waals surface area contributed by atoms with Gasteiger partial charge in [0.1, 0.15) is 17.8 Å². The van der Waals surface area contributed by atoms with Crippen LogP contribution in [0.4, 0.5) is 0 Å². The van der Waals surface area contributed by atoms with Gasteiger partial charge in [-0.3, -0.25) is 19.5 Å². The number of hydrogen-bond donors (Lipinski definition) is 0. The Balaban J connectivity index is 1.27. The highest BCUT2D eigenvalue weighted by Gasteiger charge is 2.50. The summed E-state index contributed by atoms with van der Waals surface area (Å²) in [6.07, 6.45) is 5.97. The first kappa shape index (κ1) is 21.8. The van der Waals surface area contributed by atoms with Gasteiger partial charge < -0.3 is 19.3 Å². The van der Waals surface area contributed by atoms with Gasteiger partial charge in [-0.05, 0) is 50.2 Å². The molecule has 1 aromatic heterocycles. The van der Waals surface area contributed by atoms with Crippen LogP contribution in [0.15, 0.2) is 24.4 Å². The molecule has 1 aliphatic carbocycles. The summed E-state index contributed by atoms with van der Waals surface area (Å²) in [5.41, 5.74) is 0.381. The molecule has 1 spiro atoms. The summed E-state index contributed by atoms with van der Waals surface area (Å²) < 4.78 is 12.2. The molecule has 174 valence electrons. The molecule has 3 atom stereocenters. The highest BCUT2D eigenvalue weighted by molar-refractivity contribution is 5.82. The highest BCUT2D eigenvalue weighted by Crippen LogP contribution is 2.36. The Kier molecular flexibility index (Phi) is 6.18. The normalized spacial score (nSPS) is 30.7. The summed E-state index contributed by atoms with van der Waals surface area (Å²) in [6.45, 7) is 4.74. The molecule has 8 nitrogen and oxygen atoms in total. The average molecular weight is 443 g/mol. The third-order valence-corrected chi connectivity index (χ3v) is 7.15. The van der Waals surface area contributed by atoms with Crippen molar-refractivity contribution in [3.63, 3.8) is 0 Å². The van der Waals surface area contributed by atoms with Crippen LogP contribution in [0.2, 0.25) is 0 Å². The van der Waals surface area contributed by atoms with E-state index in [9.17, 15) is 9.59 Å². The van der Waals surface area contributed by atoms with E-state index >= 15 is 0 Å². The molecule has 4 aliphatic rings. The summed E-state index contributed by atoms with van der Waals surface area (Å²) >= 11 is 0. The van der Waals surface area contributed by atoms with Crippen LogP contribution in [-0.4, -0.2) is 95.7 Å². The molecule has 1 saturated carbocycles. The van der Waals surface area contributed by atoms with Gasteiger partial charge in [-0.25, -0.2) is 0 Å². The Labute approximate surface area is 189 Å². The van der Waals surface area contributed by atoms with Crippen molar-refractivity contribution in [3.05, 3.63) is 30.1 Å². The van der Waals surface area contributed by atoms with Crippen molar-refractivity contribution >= 4 is 11.8 Å². The van der Waals surface area contributed by atoms with Gasteiger partial charge in [0.2, 0.25) is 0 Å². The smallest absolute Gasteiger partial charge is 0.253 e. The Morgan fingerprint density at radius 2 is 2.09 bits per heavy atom. The maximum atomic E-state index is 13.4. The summed E-state index contributed by atoms with van der Waals surface area (Å²) in [5, 5.41) is 0. The molecular weight excluding hydrogens is 408 g/mol. The lowest BCUT2D eigenvalue weighted by atomic mass is 9.98. The van der Waals surface area contributed by atoms with E-state index in [0.29, 0.717) is 32.8 Å². The van der Waals surface area contributed by atoms with Crippen molar-refractivity contribution in [2.75, 3.05) is 46.4 Å². The summed E-state index contributed by atoms with van der Waals surface area (Å²) in [5.74, 6) is 0.801. The van der Waals surface area contributed by atoms with Crippen LogP contribution in [0.25, 0.3) is 0 Å². The van der Waals surface area contributed by atoms with Crippen molar-refractivity contribution in [3.8, 4) is 0 Å². The number of pyridine rings is 1. The number of likely N-dealkylation sites (N-methyl/N-ethyl adjacent to an activating group) is 1. The standard InChI is InChI=1S/C24H34N4O4/c1-26(14-19-5-2-3-10-25-19)22(29)21-15-27(13-18-7-8-18)16-24(32-21)9-11-28(17-24)23(30)20-6-4-12-31-20/h2-3,5,10,18,20-21H,4,6-9,11-17H2,1H3/t20-,21+,24+/m1/s1. The van der Waals surface area contributed by atoms with Gasteiger partial charge in [-0.2, -0.15) is 0 Å². The number of rotatable bonds is 6. The quantitative estimate of drug-likeness (QED) is 0.661. The molecule has 5 rings (SSSR count). The van der Waals surface area contributed by atoms with Crippen LogP contribution in [0.3, 0.4) is 0 Å². The number of amides is 2. The monoisotopic (exact) mass is 442 g/mol. The largest absolute Gasteiger partial charge is 0.368 e. The molecule has 0 radical (unpaired) electrons. The SMILES string of the molecule is CN(Cc1ccccn1)C(=O)[C@@H]1CN(CC2CC2)C[C@]2(CCN(C(=O)[C@H]3CCCO3)C2)O1. The highest BCUT2D eigenvalue weighted by atomic mass is 16.5. The second-order valence-electron chi connectivity index (χ2n) is 9.95. The number of morpholine rings is 1. The number of nitrogens with zero attached hydrogens (tertiary/aromatic N) is 4. The molecular formula is C24H34N4O4. The molecule has 8 heteroatoms. The van der Waals surface area contributed by atoms with Crippen molar-refractivity contribution in [1.29, 1.82) is 0 Å². The Morgan fingerprint density at radius 3 is 2.81 bits per heavy atom. The third kappa shape index (κ3) is 4.82. The number of hydrogen-bond acceptors (Lipinski definition) is 6. The lowest BCUT2D eigenvalue weighted by Gasteiger charge is -2.44. The topological polar surface area (TPSA) is 75.2 Å². The number of ether oxygens (including phenoxy) is 2. The first-order chi connectivity index (χ1) is 15.5. The molecule has 0 N–H and O–H groups in total. The minimum atomic E-state index is -0.519. The fourth-order valence-corrected chi connectivity index (χ4v) is 5.31. The van der Waals surface area contributed by atoms with E-state index in [4.69, 9.17) is 9.47 Å². The van der Waals surface area contributed by atoms with Crippen molar-refractivity contribution in [2.24, 2.45) is 5.92 Å². The average Bonchev–Trinajstić information content (AvgIpc) is 3.27. The van der Waals surface area contributed by atoms with Crippen molar-refractivity contribution in [1.82, 2.24) is 19.7 Å². The van der Waals surface area contributed by atoms with Gasteiger partial charge >= 0.3 is 0 Å². The summed E-state index contributed by atoms with van der Waals surface area (Å²) in [4.78, 5) is 36.6. The van der Waals surface area contributed by atoms with Crippen LogP contribution in [0.5, 0.6) is 0 Å². The Hall–Kier alpha value is -2.03. The minimum absolute atomic E-state index is 0.0144. The molecule has 0 bridgehead atoms. The van der Waals surface area contributed by atoms with E-state index < -0.39 is 11.7 Å². The molecule has 1 aromatic rings. The zero-order valence-electron chi connectivity index (χ0n) is 18.9. The van der Waals surface area contributed by atoms with Crippen LogP contribution >= 0.6 is 0 Å². The molecule has 3 saturated heterocycles. The van der Waals surface area contributed by atoms with E-state index in [2.05, 4.69) is 9.88 Å². The van der Waals surface area contributed by atoms with Crippen LogP contribution < -0.4 is 0 Å². The zero-order valence-corrected chi connectivity index (χ0v) is 18.9. The fourth-order valence-electron chi connectivity index (χ4n) is 5.31. The van der Waals surface area contributed by atoms with E-state index in [1.807, 2.05) is 30.1 Å². The number of aromatic nitrogens is 1. The van der Waals surface area contributed by atoms with Gasteiger partial charge in [0, 0.05) is 46.0 Å². The second kappa shape index (κ2) is 9.08. The van der Waals surface area contributed by atoms with Crippen LogP contribution in [0.1, 0.15) is 37.8 Å². The third-order valence-electron chi connectivity index (χ3n) is 7.15. The van der Waals surface area contributed by atoms with E-state index in [0.717, 1.165) is 44.0 Å². The predicted molar refractivity (Wildman–Crippen MR) is 118 cm³/mol. The molecule has 4 heterocycles. The maximum absolute atomic E-state index is 13.4.